The Morgan fingerprint density at radius 2 is 2.21 bits per heavy atom. The molecular formula is C13H14N2O4. The molecule has 6 nitrogen and oxygen atoms in total. The first-order valence-corrected chi connectivity index (χ1v) is 5.72. The average Bonchev–Trinajstić information content (AvgIpc) is 2.95. The molecule has 6 heteroatoms. The molecule has 0 radical (unpaired) electrons. The maximum absolute atomic E-state index is 11.5. The number of ether oxygens (including phenoxy) is 1. The first-order valence-electron chi connectivity index (χ1n) is 5.72. The van der Waals surface area contributed by atoms with E-state index >= 15 is 0 Å². The molecule has 0 fully saturated rings. The van der Waals surface area contributed by atoms with Crippen LogP contribution in [0.25, 0.3) is 0 Å². The predicted octanol–water partition coefficient (Wildman–Crippen LogP) is 1.82. The van der Waals surface area contributed by atoms with Crippen LogP contribution in [0.1, 0.15) is 39.4 Å². The molecule has 0 unspecified atom stereocenters. The summed E-state index contributed by atoms with van der Waals surface area (Å²) in [4.78, 5) is 26.8. The standard InChI is InChI=1S/C13H14N2O4/c1-8(16)12-14-4-5-15(12)7-10-6-11(9(2)19-10)13(17)18-3/h4-6H,7H2,1-3H3. The topological polar surface area (TPSA) is 74.3 Å². The lowest BCUT2D eigenvalue weighted by Gasteiger charge is -2.02. The Labute approximate surface area is 110 Å². The van der Waals surface area contributed by atoms with Gasteiger partial charge in [-0.1, -0.05) is 0 Å². The zero-order chi connectivity index (χ0) is 14.0. The van der Waals surface area contributed by atoms with Crippen molar-refractivity contribution in [3.63, 3.8) is 0 Å². The van der Waals surface area contributed by atoms with Gasteiger partial charge in [0.15, 0.2) is 11.6 Å². The Bertz CT molecular complexity index is 624. The van der Waals surface area contributed by atoms with Crippen LogP contribution in [0.5, 0.6) is 0 Å². The molecule has 0 N–H and O–H groups in total. The van der Waals surface area contributed by atoms with E-state index in [1.54, 1.807) is 30.0 Å². The second-order valence-electron chi connectivity index (χ2n) is 4.11. The molecule has 0 saturated heterocycles. The molecule has 19 heavy (non-hydrogen) atoms. The summed E-state index contributed by atoms with van der Waals surface area (Å²) in [7, 11) is 1.32. The zero-order valence-corrected chi connectivity index (χ0v) is 11.0. The molecule has 0 saturated carbocycles. The number of nitrogens with zero attached hydrogens (tertiary/aromatic N) is 2. The molecule has 0 spiro atoms. The summed E-state index contributed by atoms with van der Waals surface area (Å²) in [6, 6.07) is 1.62. The Hall–Kier alpha value is -2.37. The summed E-state index contributed by atoms with van der Waals surface area (Å²) < 4.78 is 11.8. The fraction of sp³-hybridized carbons (Fsp3) is 0.308. The normalized spacial score (nSPS) is 10.5. The predicted molar refractivity (Wildman–Crippen MR) is 66.1 cm³/mol. The van der Waals surface area contributed by atoms with E-state index in [-0.39, 0.29) is 5.78 Å². The van der Waals surface area contributed by atoms with Gasteiger partial charge in [0.25, 0.3) is 0 Å². The Morgan fingerprint density at radius 1 is 1.47 bits per heavy atom. The molecule has 100 valence electrons. The van der Waals surface area contributed by atoms with Gasteiger partial charge in [0, 0.05) is 19.3 Å². The third kappa shape index (κ3) is 2.57. The van der Waals surface area contributed by atoms with Gasteiger partial charge in [-0.15, -0.1) is 0 Å². The lowest BCUT2D eigenvalue weighted by atomic mass is 10.2. The number of aryl methyl sites for hydroxylation is 1. The van der Waals surface area contributed by atoms with Gasteiger partial charge in [0.05, 0.1) is 13.7 Å². The van der Waals surface area contributed by atoms with Gasteiger partial charge in [-0.3, -0.25) is 4.79 Å². The molecule has 2 aromatic heterocycles. The fourth-order valence-corrected chi connectivity index (χ4v) is 1.85. The molecule has 0 aromatic carbocycles. The number of carbonyl (C=O) groups is 2. The number of methoxy groups -OCH3 is 1. The van der Waals surface area contributed by atoms with Crippen LogP contribution in [-0.4, -0.2) is 28.4 Å². The number of imidazole rings is 1. The number of hydrogen-bond donors (Lipinski definition) is 0. The van der Waals surface area contributed by atoms with Crippen LogP contribution in [-0.2, 0) is 11.3 Å². The zero-order valence-electron chi connectivity index (χ0n) is 11.0. The lowest BCUT2D eigenvalue weighted by Crippen LogP contribution is -2.07. The maximum Gasteiger partial charge on any atom is 0.341 e. The van der Waals surface area contributed by atoms with Crippen molar-refractivity contribution in [2.24, 2.45) is 0 Å². The van der Waals surface area contributed by atoms with Crippen LogP contribution in [0.15, 0.2) is 22.9 Å². The van der Waals surface area contributed by atoms with E-state index in [4.69, 9.17) is 4.42 Å². The second kappa shape index (κ2) is 5.09. The van der Waals surface area contributed by atoms with Crippen molar-refractivity contribution in [1.29, 1.82) is 0 Å². The number of Topliss-reactive ketones (excluding diaryl/α,β-unsaturated/α-hetero) is 1. The second-order valence-corrected chi connectivity index (χ2v) is 4.11. The smallest absolute Gasteiger partial charge is 0.341 e. The molecule has 0 bridgehead atoms. The lowest BCUT2D eigenvalue weighted by molar-refractivity contribution is 0.0598. The molecule has 0 aliphatic rings. The number of hydrogen-bond acceptors (Lipinski definition) is 5. The molecule has 0 aliphatic carbocycles. The largest absolute Gasteiger partial charge is 0.465 e. The van der Waals surface area contributed by atoms with Crippen molar-refractivity contribution in [1.82, 2.24) is 9.55 Å². The summed E-state index contributed by atoms with van der Waals surface area (Å²) >= 11 is 0. The Kier molecular flexibility index (Phi) is 3.50. The SMILES string of the molecule is COC(=O)c1cc(Cn2ccnc2C(C)=O)oc1C. The minimum Gasteiger partial charge on any atom is -0.465 e. The first-order chi connectivity index (χ1) is 9.02. The van der Waals surface area contributed by atoms with Crippen molar-refractivity contribution in [2.75, 3.05) is 7.11 Å². The van der Waals surface area contributed by atoms with Gasteiger partial charge in [-0.25, -0.2) is 9.78 Å². The highest BCUT2D eigenvalue weighted by Gasteiger charge is 2.16. The van der Waals surface area contributed by atoms with Gasteiger partial charge in [-0.05, 0) is 13.0 Å². The number of aromatic nitrogens is 2. The van der Waals surface area contributed by atoms with Crippen LogP contribution in [0, 0.1) is 6.92 Å². The van der Waals surface area contributed by atoms with Crippen LogP contribution in [0.4, 0.5) is 0 Å². The van der Waals surface area contributed by atoms with E-state index in [9.17, 15) is 9.59 Å². The molecule has 0 atom stereocenters. The maximum atomic E-state index is 11.5. The number of esters is 1. The number of carbonyl (C=O) groups excluding carboxylic acids is 2. The quantitative estimate of drug-likeness (QED) is 0.620. The van der Waals surface area contributed by atoms with Crippen molar-refractivity contribution in [3.8, 4) is 0 Å². The van der Waals surface area contributed by atoms with Crippen molar-refractivity contribution in [2.45, 2.75) is 20.4 Å². The molecule has 0 aliphatic heterocycles. The summed E-state index contributed by atoms with van der Waals surface area (Å²) in [5.41, 5.74) is 0.391. The van der Waals surface area contributed by atoms with Gasteiger partial charge in [0.2, 0.25) is 0 Å². The van der Waals surface area contributed by atoms with Crippen LogP contribution in [0.3, 0.4) is 0 Å². The summed E-state index contributed by atoms with van der Waals surface area (Å²) in [5, 5.41) is 0. The number of ketones is 1. The summed E-state index contributed by atoms with van der Waals surface area (Å²) in [6.07, 6.45) is 3.24. The van der Waals surface area contributed by atoms with E-state index in [1.807, 2.05) is 0 Å². The van der Waals surface area contributed by atoms with Crippen LogP contribution in [0.2, 0.25) is 0 Å². The van der Waals surface area contributed by atoms with Gasteiger partial charge < -0.3 is 13.7 Å². The first kappa shape index (κ1) is 13.1. The Balaban J connectivity index is 2.27. The summed E-state index contributed by atoms with van der Waals surface area (Å²) in [5.74, 6) is 0.852. The third-order valence-electron chi connectivity index (χ3n) is 2.73. The Morgan fingerprint density at radius 3 is 2.84 bits per heavy atom. The third-order valence-corrected chi connectivity index (χ3v) is 2.73. The van der Waals surface area contributed by atoms with E-state index < -0.39 is 5.97 Å². The molecule has 0 amide bonds. The van der Waals surface area contributed by atoms with E-state index in [0.29, 0.717) is 29.5 Å². The summed E-state index contributed by atoms with van der Waals surface area (Å²) in [6.45, 7) is 3.48. The van der Waals surface area contributed by atoms with Crippen molar-refractivity contribution < 1.29 is 18.7 Å². The van der Waals surface area contributed by atoms with E-state index in [0.717, 1.165) is 0 Å². The van der Waals surface area contributed by atoms with Crippen LogP contribution >= 0.6 is 0 Å². The fourth-order valence-electron chi connectivity index (χ4n) is 1.85. The molecule has 2 heterocycles. The van der Waals surface area contributed by atoms with Crippen LogP contribution < -0.4 is 0 Å². The monoisotopic (exact) mass is 262 g/mol. The van der Waals surface area contributed by atoms with Gasteiger partial charge in [0.1, 0.15) is 17.1 Å². The van der Waals surface area contributed by atoms with E-state index in [1.165, 1.54) is 14.0 Å². The highest BCUT2D eigenvalue weighted by Crippen LogP contribution is 2.17. The van der Waals surface area contributed by atoms with Crippen molar-refractivity contribution in [3.05, 3.63) is 41.4 Å². The van der Waals surface area contributed by atoms with Gasteiger partial charge >= 0.3 is 5.97 Å². The molecule has 2 aromatic rings. The minimum atomic E-state index is -0.440. The average molecular weight is 262 g/mol. The molecule has 2 rings (SSSR count). The number of rotatable bonds is 4. The minimum absolute atomic E-state index is 0.124. The molecular weight excluding hydrogens is 248 g/mol. The van der Waals surface area contributed by atoms with E-state index in [2.05, 4.69) is 9.72 Å². The van der Waals surface area contributed by atoms with Gasteiger partial charge in [-0.2, -0.15) is 0 Å². The number of furan rings is 1. The van der Waals surface area contributed by atoms with Crippen molar-refractivity contribution >= 4 is 11.8 Å². The highest BCUT2D eigenvalue weighted by atomic mass is 16.5. The highest BCUT2D eigenvalue weighted by molar-refractivity contribution is 5.91.